The molecule has 1 aromatic carbocycles. The summed E-state index contributed by atoms with van der Waals surface area (Å²) in [4.78, 5) is 64.4. The molecule has 0 aliphatic rings. The maximum absolute atomic E-state index is 12.8. The van der Waals surface area contributed by atoms with Crippen molar-refractivity contribution >= 4 is 45.7 Å². The van der Waals surface area contributed by atoms with Crippen LogP contribution in [0.25, 0.3) is 21.8 Å². The number of fused-ring (bicyclic) bond motifs is 3. The number of carbonyl (C=O) groups excluding carboxylic acids is 4. The van der Waals surface area contributed by atoms with Crippen molar-refractivity contribution in [2.24, 2.45) is 0 Å². The van der Waals surface area contributed by atoms with Gasteiger partial charge in [0, 0.05) is 23.9 Å². The van der Waals surface area contributed by atoms with E-state index in [1.54, 1.807) is 92.9 Å². The summed E-state index contributed by atoms with van der Waals surface area (Å²) >= 11 is 0. The molecule has 0 N–H and O–H groups in total. The summed E-state index contributed by atoms with van der Waals surface area (Å²) in [6.07, 6.45) is 0. The normalized spacial score (nSPS) is 12.8. The third-order valence-corrected chi connectivity index (χ3v) is 6.50. The molecule has 0 aliphatic carbocycles. The van der Waals surface area contributed by atoms with Crippen molar-refractivity contribution in [3.63, 3.8) is 0 Å². The van der Waals surface area contributed by atoms with Crippen LogP contribution in [-0.2, 0) is 51.2 Å². The quantitative estimate of drug-likeness (QED) is 0.130. The smallest absolute Gasteiger partial charge is 0.320 e. The molecule has 0 unspecified atom stereocenters. The van der Waals surface area contributed by atoms with Crippen molar-refractivity contribution in [1.82, 2.24) is 19.8 Å². The first-order valence-corrected chi connectivity index (χ1v) is 16.8. The first kappa shape index (κ1) is 40.3. The van der Waals surface area contributed by atoms with Gasteiger partial charge >= 0.3 is 23.9 Å². The van der Waals surface area contributed by atoms with Gasteiger partial charge in [-0.3, -0.25) is 29.0 Å². The van der Waals surface area contributed by atoms with E-state index in [4.69, 9.17) is 28.9 Å². The molecule has 0 fully saturated rings. The van der Waals surface area contributed by atoms with Crippen LogP contribution in [0.3, 0.4) is 0 Å². The molecule has 0 radical (unpaired) electrons. The van der Waals surface area contributed by atoms with E-state index in [9.17, 15) is 19.2 Å². The van der Waals surface area contributed by atoms with Gasteiger partial charge in [-0.1, -0.05) is 24.3 Å². The van der Waals surface area contributed by atoms with E-state index in [0.717, 1.165) is 10.8 Å². The van der Waals surface area contributed by atoms with Gasteiger partial charge in [-0.15, -0.1) is 0 Å². The molecule has 12 heteroatoms. The zero-order valence-electron chi connectivity index (χ0n) is 31.8. The van der Waals surface area contributed by atoms with Crippen molar-refractivity contribution in [2.45, 2.75) is 119 Å². The number of pyridine rings is 2. The monoisotopic (exact) mass is 694 g/mol. The lowest BCUT2D eigenvalue weighted by molar-refractivity contribution is -0.162. The summed E-state index contributed by atoms with van der Waals surface area (Å²) in [5.74, 6) is -1.89. The van der Waals surface area contributed by atoms with Gasteiger partial charge in [0.1, 0.15) is 22.4 Å². The Morgan fingerprint density at radius 1 is 0.460 bits per heavy atom. The summed E-state index contributed by atoms with van der Waals surface area (Å²) in [5.41, 5.74) is -0.270. The fourth-order valence-corrected chi connectivity index (χ4v) is 5.04. The summed E-state index contributed by atoms with van der Waals surface area (Å²) < 4.78 is 22.1. The van der Waals surface area contributed by atoms with Crippen LogP contribution in [0.4, 0.5) is 0 Å². The van der Waals surface area contributed by atoms with E-state index in [1.807, 2.05) is 36.4 Å². The highest BCUT2D eigenvalue weighted by atomic mass is 16.6. The van der Waals surface area contributed by atoms with Gasteiger partial charge in [-0.25, -0.2) is 9.97 Å². The third kappa shape index (κ3) is 14.4. The Hall–Kier alpha value is -4.16. The molecule has 2 heterocycles. The summed E-state index contributed by atoms with van der Waals surface area (Å²) in [6, 6.07) is 11.4. The molecule has 3 rings (SSSR count). The second-order valence-electron chi connectivity index (χ2n) is 16.5. The number of benzene rings is 1. The molecule has 0 bridgehead atoms. The van der Waals surface area contributed by atoms with Gasteiger partial charge in [0.05, 0.1) is 48.6 Å². The van der Waals surface area contributed by atoms with Gasteiger partial charge in [0.15, 0.2) is 0 Å². The van der Waals surface area contributed by atoms with Crippen LogP contribution in [0.15, 0.2) is 36.4 Å². The lowest BCUT2D eigenvalue weighted by Gasteiger charge is -2.26. The Morgan fingerprint density at radius 3 is 0.940 bits per heavy atom. The maximum atomic E-state index is 12.8. The predicted molar refractivity (Wildman–Crippen MR) is 191 cm³/mol. The SMILES string of the molecule is CC(C)(C)OC(=O)CN(CC(=O)OC(C)(C)C)Cc1ccc2ccc3ccc(CN(CC(=O)OC(C)(C)C)CC(=O)OC(C)(C)C)nc3c2n1. The van der Waals surface area contributed by atoms with Crippen molar-refractivity contribution in [3.8, 4) is 0 Å². The topological polar surface area (TPSA) is 137 Å². The Morgan fingerprint density at radius 2 is 0.700 bits per heavy atom. The number of hydrogen-bond donors (Lipinski definition) is 0. The van der Waals surface area contributed by atoms with Crippen LogP contribution in [0.5, 0.6) is 0 Å². The second kappa shape index (κ2) is 15.8. The van der Waals surface area contributed by atoms with E-state index in [-0.39, 0.29) is 39.3 Å². The lowest BCUT2D eigenvalue weighted by Crippen LogP contribution is -2.39. The fourth-order valence-electron chi connectivity index (χ4n) is 5.04. The average molecular weight is 695 g/mol. The van der Waals surface area contributed by atoms with E-state index in [1.165, 1.54) is 0 Å². The van der Waals surface area contributed by atoms with Crippen LogP contribution in [0.1, 0.15) is 94.5 Å². The molecule has 50 heavy (non-hydrogen) atoms. The van der Waals surface area contributed by atoms with Crippen LogP contribution >= 0.6 is 0 Å². The van der Waals surface area contributed by atoms with Gasteiger partial charge in [0.2, 0.25) is 0 Å². The van der Waals surface area contributed by atoms with Crippen molar-refractivity contribution in [1.29, 1.82) is 0 Å². The Bertz CT molecular complexity index is 1510. The maximum Gasteiger partial charge on any atom is 0.320 e. The number of rotatable bonds is 12. The molecule has 0 amide bonds. The second-order valence-corrected chi connectivity index (χ2v) is 16.5. The molecule has 3 aromatic rings. The molecule has 0 saturated carbocycles. The summed E-state index contributed by atoms with van der Waals surface area (Å²) in [5, 5.41) is 1.69. The predicted octanol–water partition coefficient (Wildman–Crippen LogP) is 5.75. The molecule has 274 valence electrons. The van der Waals surface area contributed by atoms with Gasteiger partial charge < -0.3 is 18.9 Å². The summed E-state index contributed by atoms with van der Waals surface area (Å²) in [6.45, 7) is 21.2. The molecule has 0 aliphatic heterocycles. The highest BCUT2D eigenvalue weighted by Gasteiger charge is 2.26. The number of esters is 4. The minimum absolute atomic E-state index is 0.140. The Kier molecular flexibility index (Phi) is 12.7. The van der Waals surface area contributed by atoms with Crippen LogP contribution in [0.2, 0.25) is 0 Å². The number of hydrogen-bond acceptors (Lipinski definition) is 12. The fraction of sp³-hybridized carbons (Fsp3) is 0.579. The number of carbonyl (C=O) groups is 4. The van der Waals surface area contributed by atoms with Crippen LogP contribution in [-0.4, -0.2) is 92.2 Å². The lowest BCUT2D eigenvalue weighted by atomic mass is 10.1. The van der Waals surface area contributed by atoms with Crippen molar-refractivity contribution in [3.05, 3.63) is 47.8 Å². The summed E-state index contributed by atoms with van der Waals surface area (Å²) in [7, 11) is 0. The highest BCUT2D eigenvalue weighted by molar-refractivity contribution is 6.02. The Labute approximate surface area is 295 Å². The van der Waals surface area contributed by atoms with Gasteiger partial charge in [-0.2, -0.15) is 0 Å². The van der Waals surface area contributed by atoms with Crippen molar-refractivity contribution < 1.29 is 38.1 Å². The highest BCUT2D eigenvalue weighted by Crippen LogP contribution is 2.24. The first-order valence-electron chi connectivity index (χ1n) is 16.8. The molecular weight excluding hydrogens is 640 g/mol. The molecule has 12 nitrogen and oxygen atoms in total. The largest absolute Gasteiger partial charge is 0.459 e. The zero-order valence-corrected chi connectivity index (χ0v) is 31.8. The minimum Gasteiger partial charge on any atom is -0.459 e. The minimum atomic E-state index is -0.687. The molecule has 0 spiro atoms. The molecular formula is C38H54N4O8. The standard InChI is InChI=1S/C38H54N4O8/c1-35(2,3)47-29(43)21-41(22-30(44)48-36(4,5)6)19-27-17-15-25-13-14-26-16-18-28(40-34(26)33(25)39-27)20-42(23-31(45)49-37(7,8)9)24-32(46)50-38(10,11)12/h13-18H,19-24H2,1-12H3. The van der Waals surface area contributed by atoms with E-state index < -0.39 is 46.3 Å². The molecule has 0 saturated heterocycles. The van der Waals surface area contributed by atoms with E-state index in [0.29, 0.717) is 22.4 Å². The third-order valence-electron chi connectivity index (χ3n) is 6.50. The van der Waals surface area contributed by atoms with Crippen molar-refractivity contribution in [2.75, 3.05) is 26.2 Å². The first-order chi connectivity index (χ1) is 22.8. The van der Waals surface area contributed by atoms with E-state index >= 15 is 0 Å². The van der Waals surface area contributed by atoms with Gasteiger partial charge in [0.25, 0.3) is 0 Å². The number of nitrogens with zero attached hydrogens (tertiary/aromatic N) is 4. The molecule has 2 aromatic heterocycles. The zero-order chi connectivity index (χ0) is 37.7. The Balaban J connectivity index is 1.95. The number of aromatic nitrogens is 2. The van der Waals surface area contributed by atoms with E-state index in [2.05, 4.69) is 0 Å². The average Bonchev–Trinajstić information content (AvgIpc) is 2.88. The van der Waals surface area contributed by atoms with Gasteiger partial charge in [-0.05, 0) is 95.2 Å². The molecule has 0 atom stereocenters. The number of ether oxygens (including phenoxy) is 4. The van der Waals surface area contributed by atoms with Crippen LogP contribution < -0.4 is 0 Å². The van der Waals surface area contributed by atoms with Crippen LogP contribution in [0, 0.1) is 0 Å².